The van der Waals surface area contributed by atoms with E-state index in [1.165, 1.54) is 33.4 Å². The zero-order valence-electron chi connectivity index (χ0n) is 63.3. The third-order valence-corrected chi connectivity index (χ3v) is 20.8. The second-order valence-electron chi connectivity index (χ2n) is 32.3. The molecule has 522 valence electrons. The molecule has 0 spiro atoms. The lowest BCUT2D eigenvalue weighted by atomic mass is 9.85. The summed E-state index contributed by atoms with van der Waals surface area (Å²) >= 11 is 0. The molecule has 0 aliphatic heterocycles. The molecule has 4 nitrogen and oxygen atoms in total. The summed E-state index contributed by atoms with van der Waals surface area (Å²) in [6.07, 6.45) is 0. The van der Waals surface area contributed by atoms with Crippen molar-refractivity contribution >= 4 is 89.8 Å². The van der Waals surface area contributed by atoms with Crippen LogP contribution in [0.3, 0.4) is 0 Å². The molecule has 0 amide bonds. The first-order valence-corrected chi connectivity index (χ1v) is 37.4. The van der Waals surface area contributed by atoms with Crippen LogP contribution in [0.15, 0.2) is 352 Å². The maximum atomic E-state index is 2.47. The first kappa shape index (κ1) is 69.7. The smallest absolute Gasteiger partial charge is 0.0468 e. The van der Waals surface area contributed by atoms with Crippen molar-refractivity contribution < 1.29 is 0 Å². The topological polar surface area (TPSA) is 13.0 Å². The molecule has 0 saturated carbocycles. The van der Waals surface area contributed by atoms with E-state index >= 15 is 0 Å². The Morgan fingerprint density at radius 1 is 0.151 bits per heavy atom. The number of hydrogen-bond acceptors (Lipinski definition) is 4. The fraction of sp³-hybridized carbons (Fsp3) is 0.157. The Balaban J connectivity index is 1.00. The van der Waals surface area contributed by atoms with Gasteiger partial charge in [-0.05, 0) is 256 Å². The maximum absolute atomic E-state index is 2.47. The van der Waals surface area contributed by atoms with Crippen molar-refractivity contribution in [3.05, 3.63) is 374 Å². The summed E-state index contributed by atoms with van der Waals surface area (Å²) in [5, 5.41) is 4.56. The number of nitrogens with zero attached hydrogens (tertiary/aromatic N) is 4. The molecule has 0 fully saturated rings. The Bertz CT molecular complexity index is 5080. The minimum absolute atomic E-state index is 0.0248. The number of fused-ring (bicyclic) bond motifs is 2. The molecule has 0 saturated heterocycles. The van der Waals surface area contributed by atoms with Gasteiger partial charge in [-0.15, -0.1) is 0 Å². The van der Waals surface area contributed by atoms with Crippen LogP contribution in [0, 0.1) is 0 Å². The highest BCUT2D eigenvalue weighted by Gasteiger charge is 2.27. The summed E-state index contributed by atoms with van der Waals surface area (Å²) in [6, 6.07) is 131. The molecule has 0 bridgehead atoms. The molecule has 15 rings (SSSR count). The van der Waals surface area contributed by atoms with Crippen LogP contribution in [0.1, 0.15) is 105 Å². The van der Waals surface area contributed by atoms with E-state index in [9.17, 15) is 0 Å². The molecular weight excluding hydrogens is 1280 g/mol. The van der Waals surface area contributed by atoms with Crippen LogP contribution in [0.5, 0.6) is 0 Å². The lowest BCUT2D eigenvalue weighted by molar-refractivity contribution is 0.590. The van der Waals surface area contributed by atoms with Gasteiger partial charge in [0.2, 0.25) is 0 Å². The minimum atomic E-state index is -0.0248. The van der Waals surface area contributed by atoms with Crippen LogP contribution in [-0.2, 0) is 21.7 Å². The second kappa shape index (κ2) is 28.6. The van der Waals surface area contributed by atoms with Gasteiger partial charge in [-0.1, -0.05) is 289 Å². The Hall–Kier alpha value is -12.0. The third kappa shape index (κ3) is 14.4. The van der Waals surface area contributed by atoms with Gasteiger partial charge in [0.25, 0.3) is 0 Å². The summed E-state index contributed by atoms with van der Waals surface area (Å²) in [6.45, 7) is 27.5. The Kier molecular flexibility index (Phi) is 18.8. The number of rotatable bonds is 16. The van der Waals surface area contributed by atoms with Gasteiger partial charge < -0.3 is 19.6 Å². The van der Waals surface area contributed by atoms with Crippen LogP contribution >= 0.6 is 0 Å². The van der Waals surface area contributed by atoms with E-state index in [-0.39, 0.29) is 21.7 Å². The van der Waals surface area contributed by atoms with Crippen molar-refractivity contribution in [2.45, 2.75) is 105 Å². The molecule has 15 aromatic rings. The van der Waals surface area contributed by atoms with Gasteiger partial charge in [0.05, 0.1) is 0 Å². The summed E-state index contributed by atoms with van der Waals surface area (Å²) in [5.74, 6) is 0. The van der Waals surface area contributed by atoms with E-state index in [4.69, 9.17) is 0 Å². The Morgan fingerprint density at radius 3 is 0.623 bits per heavy atom. The quantitative estimate of drug-likeness (QED) is 0.0894. The third-order valence-electron chi connectivity index (χ3n) is 20.8. The van der Waals surface area contributed by atoms with Gasteiger partial charge in [0.15, 0.2) is 0 Å². The van der Waals surface area contributed by atoms with E-state index in [1.54, 1.807) is 0 Å². The number of para-hydroxylation sites is 2. The fourth-order valence-corrected chi connectivity index (χ4v) is 15.0. The number of benzene rings is 15. The number of anilines is 12. The van der Waals surface area contributed by atoms with E-state index in [1.807, 2.05) is 0 Å². The summed E-state index contributed by atoms with van der Waals surface area (Å²) < 4.78 is 0. The van der Waals surface area contributed by atoms with Crippen LogP contribution in [0.4, 0.5) is 68.2 Å². The molecule has 0 radical (unpaired) electrons. The first-order chi connectivity index (χ1) is 51.1. The predicted molar refractivity (Wildman–Crippen MR) is 457 cm³/mol. The molecule has 0 atom stereocenters. The lowest BCUT2D eigenvalue weighted by Gasteiger charge is -2.30. The van der Waals surface area contributed by atoms with Crippen molar-refractivity contribution in [2.24, 2.45) is 0 Å². The first-order valence-electron chi connectivity index (χ1n) is 37.4. The van der Waals surface area contributed by atoms with E-state index in [2.05, 4.69) is 455 Å². The van der Waals surface area contributed by atoms with Crippen LogP contribution in [-0.4, -0.2) is 0 Å². The van der Waals surface area contributed by atoms with E-state index in [0.29, 0.717) is 0 Å². The monoisotopic (exact) mass is 1370 g/mol. The largest absolute Gasteiger partial charge is 0.310 e. The summed E-state index contributed by atoms with van der Waals surface area (Å²) in [4.78, 5) is 9.67. The highest BCUT2D eigenvalue weighted by atomic mass is 15.2. The predicted octanol–water partition coefficient (Wildman–Crippen LogP) is 29.7. The van der Waals surface area contributed by atoms with Crippen LogP contribution < -0.4 is 19.6 Å². The molecule has 0 unspecified atom stereocenters. The molecule has 15 aromatic carbocycles. The minimum Gasteiger partial charge on any atom is -0.310 e. The van der Waals surface area contributed by atoms with Gasteiger partial charge in [0, 0.05) is 68.2 Å². The zero-order chi connectivity index (χ0) is 73.5. The lowest BCUT2D eigenvalue weighted by Crippen LogP contribution is -2.14. The SMILES string of the molecule is CC(C)(C)c1ccc(N(c2ccc(C(C)(C)C)cc2)c2ccc3c(-c4ccc(N(c5ccccc5)c5cccc(-c6ccccc6)c5)cc4)c4cc(N(c5ccc(C(C)(C)C)cc5)c5ccc(C(C)(C)C)cc5)ccc4c(-c4ccc(N(c5ccccc5)c5cccc(-c6ccccc6)c5)cc4)c3c2)cc1. The standard InChI is InChI=1S/C102H94N4/c1-99(2,3)77-43-55-85(56-44-77)105(86-57-45-78(46-58-86)100(4,5)6)91-63-65-93-95(69-91)97(73-39-51-83(52-40-73)103(81-33-21-15-22-34-81)89-37-25-31-75(67-89)71-27-17-13-18-28-71)94-66-64-92(106(87-59-47-79(48-60-87)101(7,8)9)88-61-49-80(50-62-88)102(10,11)12)70-96(94)98(93)74-41-53-84(54-42-74)104(82-35-23-16-24-36-82)90-38-26-32-76(68-90)72-29-19-14-20-30-72/h13-70H,1-12H3. The molecule has 0 aliphatic carbocycles. The molecule has 0 aliphatic rings. The van der Waals surface area contributed by atoms with E-state index < -0.39 is 0 Å². The van der Waals surface area contributed by atoms with Gasteiger partial charge in [-0.3, -0.25) is 0 Å². The second-order valence-corrected chi connectivity index (χ2v) is 32.3. The molecular formula is C102H94N4. The van der Waals surface area contributed by atoms with Crippen molar-refractivity contribution in [1.82, 2.24) is 0 Å². The van der Waals surface area contributed by atoms with Crippen LogP contribution in [0.2, 0.25) is 0 Å². The average molecular weight is 1380 g/mol. The molecule has 0 heterocycles. The van der Waals surface area contributed by atoms with Gasteiger partial charge in [-0.25, -0.2) is 0 Å². The van der Waals surface area contributed by atoms with Crippen molar-refractivity contribution in [3.63, 3.8) is 0 Å². The maximum Gasteiger partial charge on any atom is 0.0468 e. The van der Waals surface area contributed by atoms with Gasteiger partial charge >= 0.3 is 0 Å². The van der Waals surface area contributed by atoms with Crippen molar-refractivity contribution in [3.8, 4) is 44.5 Å². The molecule has 106 heavy (non-hydrogen) atoms. The van der Waals surface area contributed by atoms with Gasteiger partial charge in [0.1, 0.15) is 0 Å². The highest BCUT2D eigenvalue weighted by molar-refractivity contribution is 6.23. The summed E-state index contributed by atoms with van der Waals surface area (Å²) in [7, 11) is 0. The highest BCUT2D eigenvalue weighted by Crippen LogP contribution is 2.51. The Labute approximate surface area is 628 Å². The fourth-order valence-electron chi connectivity index (χ4n) is 15.0. The van der Waals surface area contributed by atoms with Crippen molar-refractivity contribution in [2.75, 3.05) is 19.6 Å². The normalized spacial score (nSPS) is 12.0. The molecule has 0 aromatic heterocycles. The van der Waals surface area contributed by atoms with E-state index in [0.717, 1.165) is 123 Å². The number of hydrogen-bond donors (Lipinski definition) is 0. The average Bonchev–Trinajstić information content (AvgIpc) is 0.721. The molecule has 0 N–H and O–H groups in total. The van der Waals surface area contributed by atoms with Crippen molar-refractivity contribution in [1.29, 1.82) is 0 Å². The van der Waals surface area contributed by atoms with Crippen LogP contribution in [0.25, 0.3) is 66.1 Å². The zero-order valence-corrected chi connectivity index (χ0v) is 63.3. The Morgan fingerprint density at radius 2 is 0.358 bits per heavy atom. The molecule has 4 heteroatoms. The van der Waals surface area contributed by atoms with Gasteiger partial charge in [-0.2, -0.15) is 0 Å². The summed E-state index contributed by atoms with van der Waals surface area (Å²) in [5.41, 5.74) is 27.1.